The van der Waals surface area contributed by atoms with Gasteiger partial charge in [0.25, 0.3) is 0 Å². The molecule has 2 nitrogen and oxygen atoms in total. The highest BCUT2D eigenvalue weighted by molar-refractivity contribution is 5.91. The molecule has 0 amide bonds. The van der Waals surface area contributed by atoms with E-state index in [1.165, 1.54) is 39.4 Å². The molecule has 0 spiro atoms. The summed E-state index contributed by atoms with van der Waals surface area (Å²) in [6.45, 7) is 8.63. The number of hydrogen-bond acceptors (Lipinski definition) is 1. The first-order valence-corrected chi connectivity index (χ1v) is 9.50. The third-order valence-electron chi connectivity index (χ3n) is 6.00. The number of aryl methyl sites for hydroxylation is 4. The minimum absolute atomic E-state index is 0.149. The topological polar surface area (TPSA) is 8.17 Å². The lowest BCUT2D eigenvalue weighted by atomic mass is 9.97. The van der Waals surface area contributed by atoms with Gasteiger partial charge in [-0.2, -0.15) is 0 Å². The molecule has 1 atom stereocenters. The van der Waals surface area contributed by atoms with Crippen LogP contribution in [0, 0.1) is 19.7 Å². The number of halogens is 1. The number of nitrogens with zero attached hydrogens (tertiary/aromatic N) is 2. The van der Waals surface area contributed by atoms with Crippen molar-refractivity contribution in [1.29, 1.82) is 0 Å². The summed E-state index contributed by atoms with van der Waals surface area (Å²) in [5.41, 5.74) is 8.07. The summed E-state index contributed by atoms with van der Waals surface area (Å²) in [7, 11) is 2.22. The molecule has 1 unspecified atom stereocenters. The van der Waals surface area contributed by atoms with E-state index in [-0.39, 0.29) is 5.82 Å². The summed E-state index contributed by atoms with van der Waals surface area (Å²) in [5, 5.41) is 1.43. The molecule has 2 heterocycles. The Balaban J connectivity index is 1.83. The van der Waals surface area contributed by atoms with Crippen LogP contribution >= 0.6 is 0 Å². The minimum atomic E-state index is -0.149. The molecule has 1 aromatic heterocycles. The van der Waals surface area contributed by atoms with Crippen molar-refractivity contribution < 1.29 is 4.39 Å². The molecule has 3 heteroatoms. The van der Waals surface area contributed by atoms with Gasteiger partial charge < -0.3 is 4.57 Å². The van der Waals surface area contributed by atoms with Crippen LogP contribution in [0.25, 0.3) is 10.9 Å². The zero-order chi connectivity index (χ0) is 18.4. The monoisotopic (exact) mass is 350 g/mol. The Labute approximate surface area is 155 Å². The van der Waals surface area contributed by atoms with Crippen LogP contribution in [0.5, 0.6) is 0 Å². The van der Waals surface area contributed by atoms with Crippen LogP contribution in [0.1, 0.15) is 34.9 Å². The van der Waals surface area contributed by atoms with Gasteiger partial charge in [0, 0.05) is 36.6 Å². The van der Waals surface area contributed by atoms with E-state index in [0.29, 0.717) is 6.04 Å². The van der Waals surface area contributed by atoms with Crippen molar-refractivity contribution in [1.82, 2.24) is 9.47 Å². The number of benzene rings is 2. The molecule has 0 bridgehead atoms. The molecule has 3 aromatic rings. The van der Waals surface area contributed by atoms with E-state index in [4.69, 9.17) is 0 Å². The van der Waals surface area contributed by atoms with Gasteiger partial charge in [-0.1, -0.05) is 24.3 Å². The average Bonchev–Trinajstić information content (AvgIpc) is 2.91. The molecule has 0 N–H and O–H groups in total. The highest BCUT2D eigenvalue weighted by atomic mass is 19.1. The molecule has 136 valence electrons. The fourth-order valence-corrected chi connectivity index (χ4v) is 4.39. The maximum absolute atomic E-state index is 13.6. The Bertz CT molecular complexity index is 970. The smallest absolute Gasteiger partial charge is 0.123 e. The van der Waals surface area contributed by atoms with Crippen molar-refractivity contribution in [2.24, 2.45) is 0 Å². The SMILES string of the molecule is Cc1ccc(C)c2c1c1c(n2CCc2cccc(F)c2)CC(C)N(C)C1. The second kappa shape index (κ2) is 6.55. The minimum Gasteiger partial charge on any atom is -0.344 e. The predicted octanol–water partition coefficient (Wildman–Crippen LogP) is 5.02. The summed E-state index contributed by atoms with van der Waals surface area (Å²) in [4.78, 5) is 2.44. The molecule has 2 aromatic carbocycles. The molecule has 0 fully saturated rings. The highest BCUT2D eigenvalue weighted by Crippen LogP contribution is 2.36. The van der Waals surface area contributed by atoms with E-state index in [2.05, 4.69) is 49.4 Å². The van der Waals surface area contributed by atoms with Gasteiger partial charge in [0.2, 0.25) is 0 Å². The van der Waals surface area contributed by atoms with Gasteiger partial charge in [-0.3, -0.25) is 4.90 Å². The van der Waals surface area contributed by atoms with Gasteiger partial charge in [0.1, 0.15) is 5.82 Å². The van der Waals surface area contributed by atoms with Crippen LogP contribution in [-0.4, -0.2) is 22.6 Å². The van der Waals surface area contributed by atoms with Crippen molar-refractivity contribution in [3.63, 3.8) is 0 Å². The lowest BCUT2D eigenvalue weighted by Crippen LogP contribution is -2.35. The second-order valence-electron chi connectivity index (χ2n) is 7.85. The van der Waals surface area contributed by atoms with Crippen LogP contribution in [0.15, 0.2) is 36.4 Å². The lowest BCUT2D eigenvalue weighted by molar-refractivity contribution is 0.228. The van der Waals surface area contributed by atoms with Gasteiger partial charge in [-0.05, 0) is 68.6 Å². The molecular formula is C23H27FN2. The Hall–Kier alpha value is -2.13. The predicted molar refractivity (Wildman–Crippen MR) is 106 cm³/mol. The van der Waals surface area contributed by atoms with E-state index < -0.39 is 0 Å². The molecule has 0 saturated carbocycles. The fraction of sp³-hybridized carbons (Fsp3) is 0.391. The van der Waals surface area contributed by atoms with Gasteiger partial charge in [0.15, 0.2) is 0 Å². The number of rotatable bonds is 3. The average molecular weight is 350 g/mol. The van der Waals surface area contributed by atoms with Crippen molar-refractivity contribution in [2.45, 2.75) is 52.7 Å². The number of fused-ring (bicyclic) bond motifs is 3. The first-order valence-electron chi connectivity index (χ1n) is 9.50. The summed E-state index contributed by atoms with van der Waals surface area (Å²) < 4.78 is 16.1. The number of hydrogen-bond donors (Lipinski definition) is 0. The lowest BCUT2D eigenvalue weighted by Gasteiger charge is -2.31. The van der Waals surface area contributed by atoms with Crippen LogP contribution in [-0.2, 0) is 25.9 Å². The molecule has 0 saturated heterocycles. The van der Waals surface area contributed by atoms with E-state index in [1.807, 2.05) is 6.07 Å². The first-order chi connectivity index (χ1) is 12.5. The normalized spacial score (nSPS) is 17.7. The second-order valence-corrected chi connectivity index (χ2v) is 7.85. The van der Waals surface area contributed by atoms with E-state index in [1.54, 1.807) is 12.1 Å². The van der Waals surface area contributed by atoms with Gasteiger partial charge >= 0.3 is 0 Å². The maximum Gasteiger partial charge on any atom is 0.123 e. The summed E-state index contributed by atoms with van der Waals surface area (Å²) >= 11 is 0. The molecule has 1 aliphatic heterocycles. The highest BCUT2D eigenvalue weighted by Gasteiger charge is 2.27. The standard InChI is InChI=1S/C23H27FN2/c1-15-8-9-16(2)23-22(15)20-14-25(4)17(3)12-21(20)26(23)11-10-18-6-5-7-19(24)13-18/h5-9,13,17H,10-12,14H2,1-4H3. The van der Waals surface area contributed by atoms with Crippen LogP contribution in [0.2, 0.25) is 0 Å². The Morgan fingerprint density at radius 3 is 2.65 bits per heavy atom. The van der Waals surface area contributed by atoms with Crippen molar-refractivity contribution in [2.75, 3.05) is 7.05 Å². The molecular weight excluding hydrogens is 323 g/mol. The van der Waals surface area contributed by atoms with E-state index >= 15 is 0 Å². The summed E-state index contributed by atoms with van der Waals surface area (Å²) in [6, 6.07) is 12.0. The Kier molecular flexibility index (Phi) is 4.36. The quantitative estimate of drug-likeness (QED) is 0.644. The van der Waals surface area contributed by atoms with Crippen molar-refractivity contribution >= 4 is 10.9 Å². The Morgan fingerprint density at radius 1 is 1.12 bits per heavy atom. The molecule has 1 aliphatic rings. The zero-order valence-electron chi connectivity index (χ0n) is 16.1. The third kappa shape index (κ3) is 2.84. The maximum atomic E-state index is 13.6. The van der Waals surface area contributed by atoms with Gasteiger partial charge in [-0.15, -0.1) is 0 Å². The Morgan fingerprint density at radius 2 is 1.88 bits per heavy atom. The number of aromatic nitrogens is 1. The molecule has 0 radical (unpaired) electrons. The van der Waals surface area contributed by atoms with Crippen molar-refractivity contribution in [3.8, 4) is 0 Å². The van der Waals surface area contributed by atoms with Crippen LogP contribution < -0.4 is 0 Å². The van der Waals surface area contributed by atoms with Gasteiger partial charge in [-0.25, -0.2) is 4.39 Å². The summed E-state index contributed by atoms with van der Waals surface area (Å²) in [6.07, 6.45) is 1.92. The van der Waals surface area contributed by atoms with Crippen LogP contribution in [0.3, 0.4) is 0 Å². The first kappa shape index (κ1) is 17.3. The largest absolute Gasteiger partial charge is 0.344 e. The van der Waals surface area contributed by atoms with E-state index in [0.717, 1.165) is 31.5 Å². The fourth-order valence-electron chi connectivity index (χ4n) is 4.39. The zero-order valence-corrected chi connectivity index (χ0v) is 16.1. The molecule has 4 rings (SSSR count). The van der Waals surface area contributed by atoms with Crippen molar-refractivity contribution in [3.05, 3.63) is 70.2 Å². The molecule has 26 heavy (non-hydrogen) atoms. The molecule has 0 aliphatic carbocycles. The van der Waals surface area contributed by atoms with Crippen LogP contribution in [0.4, 0.5) is 4.39 Å². The van der Waals surface area contributed by atoms with E-state index in [9.17, 15) is 4.39 Å². The number of likely N-dealkylation sites (N-methyl/N-ethyl adjacent to an activating group) is 1. The third-order valence-corrected chi connectivity index (χ3v) is 6.00. The van der Waals surface area contributed by atoms with Gasteiger partial charge in [0.05, 0.1) is 5.52 Å². The summed E-state index contributed by atoms with van der Waals surface area (Å²) in [5.74, 6) is -0.149.